The summed E-state index contributed by atoms with van der Waals surface area (Å²) in [6, 6.07) is 19.8. The number of nitrogens with zero attached hydrogens (tertiary/aromatic N) is 2. The summed E-state index contributed by atoms with van der Waals surface area (Å²) in [5, 5.41) is 6.72. The van der Waals surface area contributed by atoms with Crippen LogP contribution < -0.4 is 16.2 Å². The molecule has 1 fully saturated rings. The molecule has 3 unspecified atom stereocenters. The molecule has 0 radical (unpaired) electrons. The van der Waals surface area contributed by atoms with Crippen molar-refractivity contribution in [3.05, 3.63) is 100 Å². The van der Waals surface area contributed by atoms with Gasteiger partial charge in [-0.25, -0.2) is 10.2 Å². The highest BCUT2D eigenvalue weighted by molar-refractivity contribution is 6.74. The zero-order valence-electron chi connectivity index (χ0n) is 33.6. The molecule has 3 N–H and O–H groups in total. The van der Waals surface area contributed by atoms with Crippen LogP contribution in [0, 0.1) is 13.8 Å². The van der Waals surface area contributed by atoms with Crippen molar-refractivity contribution < 1.29 is 23.0 Å². The van der Waals surface area contributed by atoms with Gasteiger partial charge in [-0.05, 0) is 75.1 Å². The molecule has 10 nitrogen and oxygen atoms in total. The fourth-order valence-electron chi connectivity index (χ4n) is 6.48. The molecular formula is C40H59N5O5Si2. The number of aryl methyl sites for hydroxylation is 2. The number of rotatable bonds is 11. The van der Waals surface area contributed by atoms with Crippen LogP contribution in [0.3, 0.4) is 0 Å². The van der Waals surface area contributed by atoms with Gasteiger partial charge in [-0.15, -0.1) is 0 Å². The van der Waals surface area contributed by atoms with Gasteiger partial charge in [0.25, 0.3) is 5.91 Å². The topological polar surface area (TPSA) is 118 Å². The quantitative estimate of drug-likeness (QED) is 0.132. The fraction of sp³-hybridized carbons (Fsp3) is 0.525. The monoisotopic (exact) mass is 745 g/mol. The molecule has 1 saturated heterocycles. The second-order valence-electron chi connectivity index (χ2n) is 18.0. The van der Waals surface area contributed by atoms with Gasteiger partial charge in [0.2, 0.25) is 0 Å². The predicted octanol–water partition coefficient (Wildman–Crippen LogP) is 8.75. The van der Waals surface area contributed by atoms with Gasteiger partial charge in [-0.2, -0.15) is 0 Å². The lowest BCUT2D eigenvalue weighted by molar-refractivity contribution is -0.124. The minimum atomic E-state index is -2.54. The number of benzene rings is 2. The number of hydrogen-bond acceptors (Lipinski definition) is 8. The highest BCUT2D eigenvalue weighted by Gasteiger charge is 2.61. The number of hydrogen-bond donors (Lipinski definition) is 3. The largest absolute Gasteiger partial charge is 0.408 e. The molecule has 2 aliphatic heterocycles. The van der Waals surface area contributed by atoms with Crippen molar-refractivity contribution in [1.29, 1.82) is 0 Å². The molecule has 2 aliphatic rings. The van der Waals surface area contributed by atoms with Crippen molar-refractivity contribution in [2.75, 3.05) is 0 Å². The molecule has 3 heterocycles. The SMILES string of the molecule is Cc1noc(C)c1CC1(C(O[Si](C)(C)C(C)(C)C)c2ccccc2)NNC(C(O[Si](C)(C)C(C)(C)C)c2ccccc2)=C1N1C(=O)NC(=O)C1(C)C. The summed E-state index contributed by atoms with van der Waals surface area (Å²) in [7, 11) is -5.02. The third kappa shape index (κ3) is 7.07. The van der Waals surface area contributed by atoms with Crippen LogP contribution in [0.5, 0.6) is 0 Å². The normalized spacial score (nSPS) is 21.0. The van der Waals surface area contributed by atoms with Crippen LogP contribution in [0.4, 0.5) is 4.79 Å². The third-order valence-corrected chi connectivity index (χ3v) is 20.7. The average molecular weight is 746 g/mol. The number of hydrazine groups is 1. The summed E-state index contributed by atoms with van der Waals surface area (Å²) < 4.78 is 20.7. The Labute approximate surface area is 312 Å². The van der Waals surface area contributed by atoms with E-state index in [1.54, 1.807) is 18.7 Å². The van der Waals surface area contributed by atoms with E-state index in [0.717, 1.165) is 22.4 Å². The molecule has 0 aliphatic carbocycles. The molecule has 52 heavy (non-hydrogen) atoms. The Morgan fingerprint density at radius 1 is 0.827 bits per heavy atom. The summed E-state index contributed by atoms with van der Waals surface area (Å²) in [6.45, 7) is 29.7. The lowest BCUT2D eigenvalue weighted by Gasteiger charge is -2.48. The van der Waals surface area contributed by atoms with Gasteiger partial charge in [0.05, 0.1) is 23.2 Å². The van der Waals surface area contributed by atoms with Crippen molar-refractivity contribution in [1.82, 2.24) is 26.2 Å². The van der Waals surface area contributed by atoms with Gasteiger partial charge in [0.15, 0.2) is 16.6 Å². The first-order chi connectivity index (χ1) is 23.9. The number of imide groups is 1. The van der Waals surface area contributed by atoms with Crippen LogP contribution in [0.2, 0.25) is 36.3 Å². The molecule has 2 aromatic carbocycles. The Morgan fingerprint density at radius 2 is 1.35 bits per heavy atom. The smallest absolute Gasteiger partial charge is 0.329 e. The lowest BCUT2D eigenvalue weighted by atomic mass is 9.77. The number of urea groups is 1. The predicted molar refractivity (Wildman–Crippen MR) is 210 cm³/mol. The second-order valence-corrected chi connectivity index (χ2v) is 27.5. The number of carbonyl (C=O) groups excluding carboxylic acids is 2. The second kappa shape index (κ2) is 13.7. The van der Waals surface area contributed by atoms with Gasteiger partial charge in [-0.3, -0.25) is 15.0 Å². The molecule has 3 aromatic rings. The third-order valence-electron chi connectivity index (χ3n) is 11.8. The van der Waals surface area contributed by atoms with Crippen molar-refractivity contribution in [2.45, 2.75) is 135 Å². The highest BCUT2D eigenvalue weighted by atomic mass is 28.4. The van der Waals surface area contributed by atoms with Crippen LogP contribution in [0.15, 0.2) is 76.6 Å². The molecule has 3 amide bonds. The molecule has 12 heteroatoms. The summed E-state index contributed by atoms with van der Waals surface area (Å²) in [6.07, 6.45) is -0.948. The zero-order valence-corrected chi connectivity index (χ0v) is 35.6. The summed E-state index contributed by atoms with van der Waals surface area (Å²) in [5.74, 6) is 0.287. The summed E-state index contributed by atoms with van der Waals surface area (Å²) in [4.78, 5) is 29.7. The fourth-order valence-corrected chi connectivity index (χ4v) is 8.96. The van der Waals surface area contributed by atoms with Crippen LogP contribution in [0.1, 0.15) is 95.7 Å². The number of aromatic nitrogens is 1. The molecule has 5 rings (SSSR count). The van der Waals surface area contributed by atoms with Crippen molar-refractivity contribution >= 4 is 28.6 Å². The average Bonchev–Trinajstić information content (AvgIpc) is 3.63. The number of nitrogens with one attached hydrogen (secondary N) is 3. The van der Waals surface area contributed by atoms with Gasteiger partial charge < -0.3 is 18.8 Å². The minimum Gasteiger partial charge on any atom is -0.408 e. The first-order valence-corrected chi connectivity index (χ1v) is 24.1. The van der Waals surface area contributed by atoms with Crippen LogP contribution in [-0.2, 0) is 20.1 Å². The van der Waals surface area contributed by atoms with E-state index < -0.39 is 46.0 Å². The molecule has 3 atom stereocenters. The first-order valence-electron chi connectivity index (χ1n) is 18.3. The van der Waals surface area contributed by atoms with Gasteiger partial charge in [0.1, 0.15) is 22.9 Å². The van der Waals surface area contributed by atoms with E-state index in [1.807, 2.05) is 50.2 Å². The van der Waals surface area contributed by atoms with E-state index in [2.05, 4.69) is 113 Å². The van der Waals surface area contributed by atoms with Gasteiger partial charge >= 0.3 is 6.03 Å². The van der Waals surface area contributed by atoms with E-state index in [1.165, 1.54) is 0 Å². The van der Waals surface area contributed by atoms with Crippen molar-refractivity contribution in [2.24, 2.45) is 0 Å². The Hall–Kier alpha value is -3.56. The van der Waals surface area contributed by atoms with Crippen molar-refractivity contribution in [3.8, 4) is 0 Å². The first kappa shape index (κ1) is 39.6. The molecule has 0 bridgehead atoms. The molecule has 282 valence electrons. The van der Waals surface area contributed by atoms with E-state index >= 15 is 0 Å². The van der Waals surface area contributed by atoms with E-state index in [9.17, 15) is 9.59 Å². The summed E-state index contributed by atoms with van der Waals surface area (Å²) in [5.41, 5.74) is 9.67. The Kier molecular flexibility index (Phi) is 10.4. The standard InChI is InChI=1S/C40H59N5O5Si2/c1-26-30(27(2)48-43-26)25-40(34(29-23-19-16-20-24-29)50-52(13,14)38(6,7)8)33(45-36(47)41-35(46)39(45,9)10)31(42-44-40)32(28-21-17-15-18-22-28)49-51(11,12)37(3,4)5/h15-24,32,34,42,44H,25H2,1-14H3,(H,41,46,47). The van der Waals surface area contributed by atoms with E-state index in [-0.39, 0.29) is 16.0 Å². The maximum atomic E-state index is 14.4. The maximum Gasteiger partial charge on any atom is 0.329 e. The Balaban J connectivity index is 1.94. The maximum absolute atomic E-state index is 14.4. The van der Waals surface area contributed by atoms with Crippen LogP contribution in [-0.4, -0.2) is 49.7 Å². The van der Waals surface area contributed by atoms with E-state index in [4.69, 9.17) is 13.4 Å². The Bertz CT molecular complexity index is 1810. The molecule has 1 aromatic heterocycles. The molecule has 0 saturated carbocycles. The number of carbonyl (C=O) groups is 2. The number of amides is 3. The van der Waals surface area contributed by atoms with Gasteiger partial charge in [0, 0.05) is 12.0 Å². The zero-order chi connectivity index (χ0) is 38.7. The van der Waals surface area contributed by atoms with Gasteiger partial charge in [-0.1, -0.05) is 107 Å². The lowest BCUT2D eigenvalue weighted by Crippen LogP contribution is -2.61. The van der Waals surface area contributed by atoms with Crippen LogP contribution in [0.25, 0.3) is 0 Å². The molecular weight excluding hydrogens is 687 g/mol. The molecule has 0 spiro atoms. The highest BCUT2D eigenvalue weighted by Crippen LogP contribution is 2.52. The van der Waals surface area contributed by atoms with Crippen LogP contribution >= 0.6 is 0 Å². The van der Waals surface area contributed by atoms with Crippen molar-refractivity contribution in [3.63, 3.8) is 0 Å². The minimum absolute atomic E-state index is 0.126. The van der Waals surface area contributed by atoms with E-state index in [0.29, 0.717) is 23.6 Å². The summed E-state index contributed by atoms with van der Waals surface area (Å²) >= 11 is 0. The Morgan fingerprint density at radius 3 is 1.81 bits per heavy atom.